The van der Waals surface area contributed by atoms with Crippen LogP contribution in [0.25, 0.3) is 0 Å². The predicted molar refractivity (Wildman–Crippen MR) is 109 cm³/mol. The Labute approximate surface area is 170 Å². The quantitative estimate of drug-likeness (QED) is 0.739. The summed E-state index contributed by atoms with van der Waals surface area (Å²) in [6, 6.07) is 8.39. The van der Waals surface area contributed by atoms with Gasteiger partial charge in [0.25, 0.3) is 0 Å². The Morgan fingerprint density at radius 1 is 1.14 bits per heavy atom. The van der Waals surface area contributed by atoms with Gasteiger partial charge in [-0.25, -0.2) is 21.2 Å². The molecule has 0 spiro atoms. The van der Waals surface area contributed by atoms with E-state index < -0.39 is 42.5 Å². The molecule has 2 aromatic rings. The van der Waals surface area contributed by atoms with Crippen molar-refractivity contribution in [2.45, 2.75) is 36.6 Å². The first-order valence-corrected chi connectivity index (χ1v) is 12.5. The van der Waals surface area contributed by atoms with Crippen LogP contribution in [0.15, 0.2) is 41.3 Å². The highest BCUT2D eigenvalue weighted by molar-refractivity contribution is 7.96. The van der Waals surface area contributed by atoms with E-state index in [4.69, 9.17) is 4.74 Å². The Hall–Kier alpha value is -1.97. The van der Waals surface area contributed by atoms with Gasteiger partial charge in [-0.2, -0.15) is 0 Å². The van der Waals surface area contributed by atoms with E-state index in [1.54, 1.807) is 31.2 Å². The van der Waals surface area contributed by atoms with Crippen LogP contribution < -0.4 is 10.1 Å². The minimum Gasteiger partial charge on any atom is -0.495 e. The molecule has 2 atom stereocenters. The number of methoxy groups -OCH3 is 1. The van der Waals surface area contributed by atoms with E-state index >= 15 is 0 Å². The minimum atomic E-state index is -4.02. The first kappa shape index (κ1) is 21.7. The summed E-state index contributed by atoms with van der Waals surface area (Å²) < 4.78 is 70.5. The summed E-state index contributed by atoms with van der Waals surface area (Å²) >= 11 is 0. The molecule has 0 aromatic heterocycles. The molecule has 0 saturated carbocycles. The van der Waals surface area contributed by atoms with Gasteiger partial charge < -0.3 is 10.1 Å². The fourth-order valence-corrected chi connectivity index (χ4v) is 8.44. The van der Waals surface area contributed by atoms with Gasteiger partial charge in [-0.15, -0.1) is 0 Å². The first-order valence-electron chi connectivity index (χ1n) is 9.11. The average Bonchev–Trinajstić information content (AvgIpc) is 2.98. The summed E-state index contributed by atoms with van der Waals surface area (Å²) in [6.07, 6.45) is 0. The molecule has 1 aliphatic rings. The van der Waals surface area contributed by atoms with Gasteiger partial charge >= 0.3 is 0 Å². The van der Waals surface area contributed by atoms with Crippen molar-refractivity contribution in [2.24, 2.45) is 0 Å². The molecule has 2 aromatic carbocycles. The summed E-state index contributed by atoms with van der Waals surface area (Å²) in [5.74, 6) is -1.06. The number of aryl methyl sites for hydroxylation is 2. The number of hydrogen-bond donors (Lipinski definition) is 1. The first-order chi connectivity index (χ1) is 13.5. The second-order valence-electron chi connectivity index (χ2n) is 7.33. The van der Waals surface area contributed by atoms with Crippen LogP contribution in [0.1, 0.15) is 16.7 Å². The van der Waals surface area contributed by atoms with Gasteiger partial charge in [0.1, 0.15) is 16.5 Å². The SMILES string of the molecule is COc1cc(C)c(C)cc1S(=O)(=O)[C@H]1CS(=O)(=O)C[C@@H]1NCc1ccccc1F. The molecule has 0 bridgehead atoms. The van der Waals surface area contributed by atoms with E-state index in [1.165, 1.54) is 19.2 Å². The standard InChI is InChI=1S/C20H24FNO5S2/c1-13-8-18(27-3)19(9-14(13)2)29(25,26)20-12-28(23,24)11-17(20)22-10-15-6-4-5-7-16(15)21/h4-9,17,20,22H,10-12H2,1-3H3/t17-,20-/m0/s1. The van der Waals surface area contributed by atoms with Crippen LogP contribution in [0.4, 0.5) is 4.39 Å². The second kappa shape index (κ2) is 8.04. The highest BCUT2D eigenvalue weighted by Gasteiger charge is 2.46. The number of halogens is 1. The molecule has 9 heteroatoms. The van der Waals surface area contributed by atoms with Crippen LogP contribution in [0, 0.1) is 19.7 Å². The van der Waals surface area contributed by atoms with Crippen LogP contribution in [0.2, 0.25) is 0 Å². The molecule has 0 amide bonds. The zero-order chi connectivity index (χ0) is 21.4. The van der Waals surface area contributed by atoms with E-state index in [0.717, 1.165) is 11.1 Å². The van der Waals surface area contributed by atoms with Crippen LogP contribution in [0.3, 0.4) is 0 Å². The maximum absolute atomic E-state index is 13.9. The zero-order valence-corrected chi connectivity index (χ0v) is 18.1. The summed E-state index contributed by atoms with van der Waals surface area (Å²) in [7, 11) is -6.20. The Balaban J connectivity index is 1.96. The van der Waals surface area contributed by atoms with E-state index in [-0.39, 0.29) is 22.9 Å². The Morgan fingerprint density at radius 3 is 2.45 bits per heavy atom. The molecule has 1 aliphatic heterocycles. The highest BCUT2D eigenvalue weighted by Crippen LogP contribution is 2.33. The molecular formula is C20H24FNO5S2. The van der Waals surface area contributed by atoms with Gasteiger partial charge in [-0.05, 0) is 43.2 Å². The highest BCUT2D eigenvalue weighted by atomic mass is 32.2. The van der Waals surface area contributed by atoms with Gasteiger partial charge in [-0.1, -0.05) is 18.2 Å². The lowest BCUT2D eigenvalue weighted by Gasteiger charge is -2.22. The number of hydrogen-bond acceptors (Lipinski definition) is 6. The molecule has 3 rings (SSSR count). The van der Waals surface area contributed by atoms with E-state index in [2.05, 4.69) is 5.32 Å². The van der Waals surface area contributed by atoms with Crippen LogP contribution in [-0.4, -0.2) is 46.7 Å². The van der Waals surface area contributed by atoms with Crippen molar-refractivity contribution in [3.63, 3.8) is 0 Å². The van der Waals surface area contributed by atoms with Crippen LogP contribution in [-0.2, 0) is 26.2 Å². The van der Waals surface area contributed by atoms with Gasteiger partial charge in [0.05, 0.1) is 23.9 Å². The van der Waals surface area contributed by atoms with Crippen molar-refractivity contribution in [1.29, 1.82) is 0 Å². The third-order valence-electron chi connectivity index (χ3n) is 5.30. The van der Waals surface area contributed by atoms with Gasteiger partial charge in [0.15, 0.2) is 19.7 Å². The largest absolute Gasteiger partial charge is 0.495 e. The molecule has 0 unspecified atom stereocenters. The Morgan fingerprint density at radius 2 is 1.79 bits per heavy atom. The molecule has 158 valence electrons. The van der Waals surface area contributed by atoms with Gasteiger partial charge in [-0.3, -0.25) is 0 Å². The summed E-state index contributed by atoms with van der Waals surface area (Å²) in [5.41, 5.74) is 1.98. The molecule has 0 aliphatic carbocycles. The Kier molecular flexibility index (Phi) is 6.03. The third-order valence-corrected chi connectivity index (χ3v) is 9.47. The van der Waals surface area contributed by atoms with Crippen molar-refractivity contribution in [1.82, 2.24) is 5.32 Å². The van der Waals surface area contributed by atoms with Crippen molar-refractivity contribution >= 4 is 19.7 Å². The molecule has 6 nitrogen and oxygen atoms in total. The fourth-order valence-electron chi connectivity index (χ4n) is 3.50. The normalized spacial score (nSPS) is 21.2. The third kappa shape index (κ3) is 4.46. The molecule has 29 heavy (non-hydrogen) atoms. The minimum absolute atomic E-state index is 0.0251. The smallest absolute Gasteiger partial charge is 0.187 e. The lowest BCUT2D eigenvalue weighted by molar-refractivity contribution is 0.401. The number of rotatable bonds is 6. The number of ether oxygens (including phenoxy) is 1. The van der Waals surface area contributed by atoms with E-state index in [0.29, 0.717) is 5.56 Å². The van der Waals surface area contributed by atoms with E-state index in [9.17, 15) is 21.2 Å². The van der Waals surface area contributed by atoms with Gasteiger partial charge in [0.2, 0.25) is 0 Å². The zero-order valence-electron chi connectivity index (χ0n) is 16.5. The molecular weight excluding hydrogens is 417 g/mol. The fraction of sp³-hybridized carbons (Fsp3) is 0.400. The Bertz CT molecular complexity index is 1130. The molecule has 1 heterocycles. The lowest BCUT2D eigenvalue weighted by atomic mass is 10.1. The van der Waals surface area contributed by atoms with Crippen LogP contribution in [0.5, 0.6) is 5.75 Å². The van der Waals surface area contributed by atoms with E-state index in [1.807, 2.05) is 6.92 Å². The number of sulfone groups is 2. The topological polar surface area (TPSA) is 89.5 Å². The van der Waals surface area contributed by atoms with Crippen molar-refractivity contribution in [3.8, 4) is 5.75 Å². The lowest BCUT2D eigenvalue weighted by Crippen LogP contribution is -2.43. The van der Waals surface area contributed by atoms with Crippen LogP contribution >= 0.6 is 0 Å². The van der Waals surface area contributed by atoms with Gasteiger partial charge in [0, 0.05) is 18.2 Å². The maximum atomic E-state index is 13.9. The summed E-state index contributed by atoms with van der Waals surface area (Å²) in [6.45, 7) is 3.66. The number of nitrogens with one attached hydrogen (secondary N) is 1. The van der Waals surface area contributed by atoms with Crippen molar-refractivity contribution in [3.05, 3.63) is 58.9 Å². The predicted octanol–water partition coefficient (Wildman–Crippen LogP) is 2.18. The second-order valence-corrected chi connectivity index (χ2v) is 11.6. The summed E-state index contributed by atoms with van der Waals surface area (Å²) in [4.78, 5) is -0.0251. The molecule has 1 fully saturated rings. The van der Waals surface area contributed by atoms with Crippen molar-refractivity contribution in [2.75, 3.05) is 18.6 Å². The maximum Gasteiger partial charge on any atom is 0.187 e. The summed E-state index contributed by atoms with van der Waals surface area (Å²) in [5, 5.41) is 1.76. The molecule has 1 saturated heterocycles. The average molecular weight is 442 g/mol. The monoisotopic (exact) mass is 441 g/mol. The van der Waals surface area contributed by atoms with Crippen molar-refractivity contribution < 1.29 is 26.0 Å². The number of benzene rings is 2. The molecule has 1 N–H and O–H groups in total. The molecule has 0 radical (unpaired) electrons.